The van der Waals surface area contributed by atoms with Crippen molar-refractivity contribution in [3.05, 3.63) is 29.8 Å². The van der Waals surface area contributed by atoms with Gasteiger partial charge in [-0.05, 0) is 37.7 Å². The Morgan fingerprint density at radius 1 is 1.52 bits per heavy atom. The number of hydrogen-bond donors (Lipinski definition) is 3. The number of amides is 1. The quantitative estimate of drug-likeness (QED) is 0.341. The second-order valence-electron chi connectivity index (χ2n) is 5.60. The highest BCUT2D eigenvalue weighted by molar-refractivity contribution is 6.00. The third-order valence-electron chi connectivity index (χ3n) is 4.05. The second-order valence-corrected chi connectivity index (χ2v) is 5.60. The molecule has 0 aliphatic heterocycles. The smallest absolute Gasteiger partial charge is 0.253 e. The van der Waals surface area contributed by atoms with Gasteiger partial charge in [0.15, 0.2) is 5.84 Å². The van der Waals surface area contributed by atoms with Crippen LogP contribution in [0.3, 0.4) is 0 Å². The van der Waals surface area contributed by atoms with Gasteiger partial charge in [-0.1, -0.05) is 12.1 Å². The monoisotopic (exact) mass is 294 g/mol. The number of pyridine rings is 1. The van der Waals surface area contributed by atoms with E-state index in [4.69, 9.17) is 10.9 Å². The van der Waals surface area contributed by atoms with Gasteiger partial charge in [-0.25, -0.2) is 4.39 Å². The van der Waals surface area contributed by atoms with E-state index in [1.54, 1.807) is 0 Å². The maximum Gasteiger partial charge on any atom is 0.253 e. The van der Waals surface area contributed by atoms with Crippen molar-refractivity contribution in [2.45, 2.75) is 38.1 Å². The Bertz CT molecular complexity index is 554. The van der Waals surface area contributed by atoms with E-state index in [0.717, 1.165) is 25.1 Å². The van der Waals surface area contributed by atoms with Gasteiger partial charge < -0.3 is 16.3 Å². The fraction of sp³-hybridized carbons (Fsp3) is 0.500. The van der Waals surface area contributed by atoms with Crippen LogP contribution in [-0.4, -0.2) is 27.5 Å². The van der Waals surface area contributed by atoms with Crippen molar-refractivity contribution in [1.82, 2.24) is 10.3 Å². The molecule has 1 aliphatic rings. The van der Waals surface area contributed by atoms with E-state index in [2.05, 4.69) is 22.4 Å². The van der Waals surface area contributed by atoms with Crippen molar-refractivity contribution in [3.8, 4) is 0 Å². The summed E-state index contributed by atoms with van der Waals surface area (Å²) in [4.78, 5) is 15.9. The number of nitrogens with zero attached hydrogens (tertiary/aromatic N) is 2. The molecule has 0 aromatic carbocycles. The molecule has 114 valence electrons. The van der Waals surface area contributed by atoms with Crippen LogP contribution in [-0.2, 0) is 0 Å². The molecule has 1 amide bonds. The van der Waals surface area contributed by atoms with Gasteiger partial charge in [-0.2, -0.15) is 0 Å². The minimum Gasteiger partial charge on any atom is -0.409 e. The van der Waals surface area contributed by atoms with Gasteiger partial charge in [-0.15, -0.1) is 0 Å². The molecule has 2 rings (SSSR count). The van der Waals surface area contributed by atoms with Crippen molar-refractivity contribution in [2.24, 2.45) is 16.8 Å². The average molecular weight is 294 g/mol. The van der Waals surface area contributed by atoms with Crippen molar-refractivity contribution in [1.29, 1.82) is 0 Å². The summed E-state index contributed by atoms with van der Waals surface area (Å²) < 4.78 is 13.1. The Labute approximate surface area is 122 Å². The first-order valence-corrected chi connectivity index (χ1v) is 6.88. The molecule has 1 aromatic rings. The van der Waals surface area contributed by atoms with Crippen LogP contribution in [0, 0.1) is 11.7 Å². The Morgan fingerprint density at radius 3 is 2.76 bits per heavy atom. The van der Waals surface area contributed by atoms with Crippen molar-refractivity contribution in [3.63, 3.8) is 0 Å². The van der Waals surface area contributed by atoms with Gasteiger partial charge in [0.05, 0.1) is 11.8 Å². The van der Waals surface area contributed by atoms with Crippen LogP contribution < -0.4 is 11.1 Å². The molecular formula is C14H19FN4O2. The lowest BCUT2D eigenvalue weighted by Gasteiger charge is -2.38. The second kappa shape index (κ2) is 6.07. The molecule has 7 heteroatoms. The minimum atomic E-state index is -0.884. The van der Waals surface area contributed by atoms with Crippen LogP contribution in [0.4, 0.5) is 4.39 Å². The number of nitrogens with two attached hydrogens (primary N) is 1. The topological polar surface area (TPSA) is 101 Å². The molecule has 6 nitrogen and oxygen atoms in total. The van der Waals surface area contributed by atoms with Crippen LogP contribution in [0.1, 0.15) is 43.0 Å². The van der Waals surface area contributed by atoms with Gasteiger partial charge in [0.2, 0.25) is 0 Å². The van der Waals surface area contributed by atoms with Gasteiger partial charge in [0, 0.05) is 6.20 Å². The number of hydrogen-bond acceptors (Lipinski definition) is 4. The highest BCUT2D eigenvalue weighted by Crippen LogP contribution is 2.32. The molecule has 1 aromatic heterocycles. The van der Waals surface area contributed by atoms with E-state index in [-0.39, 0.29) is 11.4 Å². The molecule has 4 N–H and O–H groups in total. The highest BCUT2D eigenvalue weighted by Gasteiger charge is 2.40. The van der Waals surface area contributed by atoms with Gasteiger partial charge in [0.1, 0.15) is 11.4 Å². The van der Waals surface area contributed by atoms with Crippen LogP contribution >= 0.6 is 0 Å². The fourth-order valence-electron chi connectivity index (χ4n) is 2.62. The number of carbonyl (C=O) groups excluding carboxylic acids is 1. The lowest BCUT2D eigenvalue weighted by molar-refractivity contribution is 0.0896. The Kier molecular flexibility index (Phi) is 4.40. The van der Waals surface area contributed by atoms with E-state index in [9.17, 15) is 9.18 Å². The van der Waals surface area contributed by atoms with Crippen LogP contribution in [0.25, 0.3) is 0 Å². The average Bonchev–Trinajstić information content (AvgIpc) is 2.49. The standard InChI is InChI=1S/C14H19FN4O2/c1-9-2-4-14(5-3-9,13(16)19-21)18-12(20)10-6-11(15)8-17-7-10/h6-9,21H,2-5H2,1H3,(H2,16,19)(H,18,20). The number of carbonyl (C=O) groups is 1. The number of amidine groups is 1. The summed E-state index contributed by atoms with van der Waals surface area (Å²) in [5.41, 5.74) is 5.01. The van der Waals surface area contributed by atoms with Crippen molar-refractivity contribution in [2.75, 3.05) is 0 Å². The zero-order chi connectivity index (χ0) is 15.5. The summed E-state index contributed by atoms with van der Waals surface area (Å²) in [5, 5.41) is 14.8. The Hall–Kier alpha value is -2.18. The predicted molar refractivity (Wildman–Crippen MR) is 75.4 cm³/mol. The number of oxime groups is 1. The first kappa shape index (κ1) is 15.2. The zero-order valence-electron chi connectivity index (χ0n) is 11.8. The van der Waals surface area contributed by atoms with Crippen LogP contribution in [0.2, 0.25) is 0 Å². The summed E-state index contributed by atoms with van der Waals surface area (Å²) in [6, 6.07) is 1.10. The molecule has 0 bridgehead atoms. The molecule has 0 atom stereocenters. The van der Waals surface area contributed by atoms with E-state index < -0.39 is 17.3 Å². The third kappa shape index (κ3) is 3.29. The summed E-state index contributed by atoms with van der Waals surface area (Å²) in [7, 11) is 0. The molecule has 1 heterocycles. The summed E-state index contributed by atoms with van der Waals surface area (Å²) >= 11 is 0. The van der Waals surface area contributed by atoms with E-state index in [0.29, 0.717) is 18.8 Å². The number of aromatic nitrogens is 1. The summed E-state index contributed by atoms with van der Waals surface area (Å²) in [6.07, 6.45) is 5.19. The predicted octanol–water partition coefficient (Wildman–Crippen LogP) is 1.65. The maximum absolute atomic E-state index is 13.1. The van der Waals surface area contributed by atoms with Crippen molar-refractivity contribution < 1.29 is 14.4 Å². The Balaban J connectivity index is 2.21. The van der Waals surface area contributed by atoms with Crippen LogP contribution in [0.15, 0.2) is 23.6 Å². The normalized spacial score (nSPS) is 26.4. The summed E-state index contributed by atoms with van der Waals surface area (Å²) in [5.74, 6) is -0.564. The number of nitrogens with one attached hydrogen (secondary N) is 1. The molecule has 0 radical (unpaired) electrons. The third-order valence-corrected chi connectivity index (χ3v) is 4.05. The number of halogens is 1. The molecule has 1 aliphatic carbocycles. The highest BCUT2D eigenvalue weighted by atomic mass is 19.1. The minimum absolute atomic E-state index is 0.0212. The molecule has 1 fully saturated rings. The van der Waals surface area contributed by atoms with Crippen LogP contribution in [0.5, 0.6) is 0 Å². The number of rotatable bonds is 3. The maximum atomic E-state index is 13.1. The summed E-state index contributed by atoms with van der Waals surface area (Å²) in [6.45, 7) is 2.12. The van der Waals surface area contributed by atoms with Gasteiger partial charge >= 0.3 is 0 Å². The molecular weight excluding hydrogens is 275 g/mol. The largest absolute Gasteiger partial charge is 0.409 e. The van der Waals surface area contributed by atoms with Crippen molar-refractivity contribution >= 4 is 11.7 Å². The zero-order valence-corrected chi connectivity index (χ0v) is 11.8. The molecule has 21 heavy (non-hydrogen) atoms. The lowest BCUT2D eigenvalue weighted by atomic mass is 9.76. The van der Waals surface area contributed by atoms with E-state index >= 15 is 0 Å². The SMILES string of the molecule is CC1CCC(NC(=O)c2cncc(F)c2)(/C(N)=N/O)CC1. The molecule has 0 unspecified atom stereocenters. The van der Waals surface area contributed by atoms with E-state index in [1.807, 2.05) is 0 Å². The lowest BCUT2D eigenvalue weighted by Crippen LogP contribution is -2.59. The Morgan fingerprint density at radius 2 is 2.19 bits per heavy atom. The molecule has 1 saturated carbocycles. The first-order chi connectivity index (χ1) is 9.97. The molecule has 0 saturated heterocycles. The van der Waals surface area contributed by atoms with E-state index in [1.165, 1.54) is 6.20 Å². The first-order valence-electron chi connectivity index (χ1n) is 6.88. The fourth-order valence-corrected chi connectivity index (χ4v) is 2.62. The van der Waals surface area contributed by atoms with Gasteiger partial charge in [0.25, 0.3) is 5.91 Å². The van der Waals surface area contributed by atoms with Gasteiger partial charge in [-0.3, -0.25) is 9.78 Å². The molecule has 0 spiro atoms.